The number of ether oxygens (including phenoxy) is 1. The van der Waals surface area contributed by atoms with Gasteiger partial charge in [0.05, 0.1) is 13.2 Å². The summed E-state index contributed by atoms with van der Waals surface area (Å²) < 4.78 is 5.63. The second-order valence-corrected chi connectivity index (χ2v) is 5.31. The molecule has 1 amide bonds. The summed E-state index contributed by atoms with van der Waals surface area (Å²) >= 11 is 0. The molecule has 0 spiro atoms. The number of hydrogen-bond donors (Lipinski definition) is 1. The first-order valence-electron chi connectivity index (χ1n) is 7.57. The molecule has 2 aromatic rings. The quantitative estimate of drug-likeness (QED) is 0.936. The van der Waals surface area contributed by atoms with Crippen LogP contribution in [0.15, 0.2) is 60.7 Å². The number of carbonyl (C=O) groups is 1. The van der Waals surface area contributed by atoms with Crippen molar-refractivity contribution in [3.05, 3.63) is 66.2 Å². The molecular formula is C18H21ClN2O2. The summed E-state index contributed by atoms with van der Waals surface area (Å²) in [7, 11) is 0. The van der Waals surface area contributed by atoms with Gasteiger partial charge in [0.1, 0.15) is 6.10 Å². The van der Waals surface area contributed by atoms with Crippen LogP contribution in [0.3, 0.4) is 0 Å². The van der Waals surface area contributed by atoms with Crippen LogP contribution in [-0.4, -0.2) is 31.7 Å². The molecule has 23 heavy (non-hydrogen) atoms. The van der Waals surface area contributed by atoms with Crippen molar-refractivity contribution in [3.8, 4) is 0 Å². The third-order valence-corrected chi connectivity index (χ3v) is 3.72. The van der Waals surface area contributed by atoms with Gasteiger partial charge in [-0.2, -0.15) is 0 Å². The second kappa shape index (κ2) is 8.67. The molecule has 1 heterocycles. The number of hydrogen-bond acceptors (Lipinski definition) is 3. The lowest BCUT2D eigenvalue weighted by Crippen LogP contribution is -2.49. The van der Waals surface area contributed by atoms with Crippen LogP contribution in [0.5, 0.6) is 0 Å². The molecule has 2 aromatic carbocycles. The van der Waals surface area contributed by atoms with Crippen LogP contribution in [0.1, 0.15) is 5.56 Å². The van der Waals surface area contributed by atoms with E-state index < -0.39 is 6.10 Å². The van der Waals surface area contributed by atoms with Gasteiger partial charge < -0.3 is 15.0 Å². The van der Waals surface area contributed by atoms with E-state index in [1.165, 1.54) is 0 Å². The van der Waals surface area contributed by atoms with Crippen molar-refractivity contribution in [2.75, 3.05) is 24.6 Å². The molecule has 0 radical (unpaired) electrons. The van der Waals surface area contributed by atoms with E-state index in [1.54, 1.807) is 4.90 Å². The van der Waals surface area contributed by atoms with Crippen molar-refractivity contribution in [2.24, 2.45) is 0 Å². The molecule has 3 rings (SSSR count). The molecule has 1 unspecified atom stereocenters. The number of nitrogens with zero attached hydrogens (tertiary/aromatic N) is 1. The summed E-state index contributed by atoms with van der Waals surface area (Å²) in [6, 6.07) is 19.8. The zero-order valence-electron chi connectivity index (χ0n) is 12.9. The van der Waals surface area contributed by atoms with Gasteiger partial charge >= 0.3 is 0 Å². The Bertz CT molecular complexity index is 601. The predicted molar refractivity (Wildman–Crippen MR) is 93.9 cm³/mol. The fourth-order valence-electron chi connectivity index (χ4n) is 2.57. The topological polar surface area (TPSA) is 41.6 Å². The predicted octanol–water partition coefficient (Wildman–Crippen LogP) is 2.63. The molecule has 1 N–H and O–H groups in total. The number of amides is 1. The number of morpholine rings is 1. The van der Waals surface area contributed by atoms with Crippen LogP contribution in [0.25, 0.3) is 0 Å². The average molecular weight is 333 g/mol. The number of anilines is 1. The molecule has 0 aliphatic carbocycles. The zero-order valence-corrected chi connectivity index (χ0v) is 13.7. The highest BCUT2D eigenvalue weighted by atomic mass is 35.5. The molecule has 0 aromatic heterocycles. The Morgan fingerprint density at radius 3 is 2.35 bits per heavy atom. The smallest absolute Gasteiger partial charge is 0.257 e. The SMILES string of the molecule is Cl.O=C(C1CNCCO1)N(Cc1ccccc1)c1ccccc1. The van der Waals surface area contributed by atoms with Crippen molar-refractivity contribution >= 4 is 24.0 Å². The molecule has 0 saturated carbocycles. The van der Waals surface area contributed by atoms with Crippen LogP contribution < -0.4 is 10.2 Å². The third kappa shape index (κ3) is 4.55. The Hall–Kier alpha value is -1.88. The Kier molecular flexibility index (Phi) is 6.59. The summed E-state index contributed by atoms with van der Waals surface area (Å²) in [5.41, 5.74) is 1.99. The molecule has 4 nitrogen and oxygen atoms in total. The Labute approximate surface area is 142 Å². The minimum absolute atomic E-state index is 0. The van der Waals surface area contributed by atoms with Gasteiger partial charge in [0, 0.05) is 18.8 Å². The minimum atomic E-state index is -0.419. The molecule has 1 aliphatic heterocycles. The molecule has 0 bridgehead atoms. The lowest BCUT2D eigenvalue weighted by Gasteiger charge is -2.30. The van der Waals surface area contributed by atoms with Crippen molar-refractivity contribution in [1.82, 2.24) is 5.32 Å². The Morgan fingerprint density at radius 1 is 1.09 bits per heavy atom. The molecule has 122 valence electrons. The van der Waals surface area contributed by atoms with E-state index in [0.717, 1.165) is 17.8 Å². The summed E-state index contributed by atoms with van der Waals surface area (Å²) in [4.78, 5) is 14.7. The average Bonchev–Trinajstić information content (AvgIpc) is 2.61. The summed E-state index contributed by atoms with van der Waals surface area (Å²) in [6.45, 7) is 2.48. The van der Waals surface area contributed by atoms with Gasteiger partial charge in [0.2, 0.25) is 0 Å². The summed E-state index contributed by atoms with van der Waals surface area (Å²) in [5.74, 6) is 0.00209. The van der Waals surface area contributed by atoms with Crippen LogP contribution in [0.2, 0.25) is 0 Å². The van der Waals surface area contributed by atoms with E-state index in [-0.39, 0.29) is 18.3 Å². The normalized spacial score (nSPS) is 17.1. The molecule has 1 aliphatic rings. The fourth-order valence-corrected chi connectivity index (χ4v) is 2.57. The van der Waals surface area contributed by atoms with Gasteiger partial charge in [-0.15, -0.1) is 12.4 Å². The van der Waals surface area contributed by atoms with Gasteiger partial charge in [-0.1, -0.05) is 48.5 Å². The first-order chi connectivity index (χ1) is 10.8. The van der Waals surface area contributed by atoms with Gasteiger partial charge in [0.25, 0.3) is 5.91 Å². The highest BCUT2D eigenvalue weighted by molar-refractivity contribution is 5.96. The van der Waals surface area contributed by atoms with Crippen molar-refractivity contribution in [2.45, 2.75) is 12.6 Å². The van der Waals surface area contributed by atoms with Gasteiger partial charge in [-0.05, 0) is 17.7 Å². The van der Waals surface area contributed by atoms with Crippen molar-refractivity contribution in [3.63, 3.8) is 0 Å². The molecular weight excluding hydrogens is 312 g/mol. The lowest BCUT2D eigenvalue weighted by atomic mass is 10.1. The summed E-state index contributed by atoms with van der Waals surface area (Å²) in [5, 5.41) is 3.21. The van der Waals surface area contributed by atoms with E-state index >= 15 is 0 Å². The van der Waals surface area contributed by atoms with Gasteiger partial charge in [-0.3, -0.25) is 4.79 Å². The maximum atomic E-state index is 12.9. The van der Waals surface area contributed by atoms with Crippen molar-refractivity contribution < 1.29 is 9.53 Å². The number of rotatable bonds is 4. The monoisotopic (exact) mass is 332 g/mol. The largest absolute Gasteiger partial charge is 0.366 e. The number of para-hydroxylation sites is 1. The number of halogens is 1. The molecule has 1 atom stereocenters. The second-order valence-electron chi connectivity index (χ2n) is 5.31. The van der Waals surface area contributed by atoms with E-state index in [9.17, 15) is 4.79 Å². The van der Waals surface area contributed by atoms with Gasteiger partial charge in [0.15, 0.2) is 0 Å². The van der Waals surface area contributed by atoms with Crippen LogP contribution >= 0.6 is 12.4 Å². The van der Waals surface area contributed by atoms with E-state index in [0.29, 0.717) is 19.7 Å². The maximum absolute atomic E-state index is 12.9. The minimum Gasteiger partial charge on any atom is -0.366 e. The molecule has 5 heteroatoms. The highest BCUT2D eigenvalue weighted by Crippen LogP contribution is 2.19. The molecule has 1 fully saturated rings. The zero-order chi connectivity index (χ0) is 15.2. The van der Waals surface area contributed by atoms with Crippen molar-refractivity contribution in [1.29, 1.82) is 0 Å². The van der Waals surface area contributed by atoms with Gasteiger partial charge in [-0.25, -0.2) is 0 Å². The number of carbonyl (C=O) groups excluding carboxylic acids is 1. The van der Waals surface area contributed by atoms with Crippen LogP contribution in [0, 0.1) is 0 Å². The van der Waals surface area contributed by atoms with Crippen LogP contribution in [-0.2, 0) is 16.1 Å². The number of benzene rings is 2. The molecule has 1 saturated heterocycles. The van der Waals surface area contributed by atoms with Crippen LogP contribution in [0.4, 0.5) is 5.69 Å². The highest BCUT2D eigenvalue weighted by Gasteiger charge is 2.27. The lowest BCUT2D eigenvalue weighted by molar-refractivity contribution is -0.131. The standard InChI is InChI=1S/C18H20N2O2.ClH/c21-18(17-13-19-11-12-22-17)20(16-9-5-2-6-10-16)14-15-7-3-1-4-8-15;/h1-10,17,19H,11-14H2;1H. The maximum Gasteiger partial charge on any atom is 0.257 e. The van der Waals surface area contributed by atoms with E-state index in [2.05, 4.69) is 5.32 Å². The first kappa shape index (κ1) is 17.5. The Balaban J connectivity index is 0.00000192. The number of nitrogens with one attached hydrogen (secondary N) is 1. The first-order valence-corrected chi connectivity index (χ1v) is 7.57. The third-order valence-electron chi connectivity index (χ3n) is 3.72. The fraction of sp³-hybridized carbons (Fsp3) is 0.278. The Morgan fingerprint density at radius 2 is 1.74 bits per heavy atom. The van der Waals surface area contributed by atoms with E-state index in [4.69, 9.17) is 4.74 Å². The summed E-state index contributed by atoms with van der Waals surface area (Å²) in [6.07, 6.45) is -0.419. The van der Waals surface area contributed by atoms with E-state index in [1.807, 2.05) is 60.7 Å².